The number of guanidine groups is 1. The molecule has 0 spiro atoms. The average molecular weight is 423 g/mol. The Bertz CT molecular complexity index is 979. The Labute approximate surface area is 183 Å². The summed E-state index contributed by atoms with van der Waals surface area (Å²) in [6.45, 7) is 10.3. The highest BCUT2D eigenvalue weighted by atomic mass is 16.5. The molecule has 0 aromatic heterocycles. The number of nitrogens with zero attached hydrogens (tertiary/aromatic N) is 3. The molecule has 3 rings (SSSR count). The second-order valence-electron chi connectivity index (χ2n) is 7.60. The molecule has 0 bridgehead atoms. The van der Waals surface area contributed by atoms with E-state index in [9.17, 15) is 9.59 Å². The molecule has 0 atom stereocenters. The molecule has 1 saturated heterocycles. The molecule has 164 valence electrons. The van der Waals surface area contributed by atoms with Gasteiger partial charge in [-0.05, 0) is 44.5 Å². The smallest absolute Gasteiger partial charge is 0.261 e. The van der Waals surface area contributed by atoms with Crippen LogP contribution in [-0.4, -0.2) is 60.4 Å². The van der Waals surface area contributed by atoms with Gasteiger partial charge in [-0.2, -0.15) is 0 Å². The predicted octanol–water partition coefficient (Wildman–Crippen LogP) is 3.28. The van der Waals surface area contributed by atoms with Crippen LogP contribution in [-0.2, 0) is 4.79 Å². The number of ether oxygens (including phenoxy) is 1. The summed E-state index contributed by atoms with van der Waals surface area (Å²) in [5, 5.41) is 2.99. The molecule has 0 aliphatic carbocycles. The zero-order valence-electron chi connectivity index (χ0n) is 18.6. The fourth-order valence-electron chi connectivity index (χ4n) is 3.56. The number of hydrogen-bond donors (Lipinski definition) is 1. The van der Waals surface area contributed by atoms with Crippen LogP contribution >= 0.6 is 0 Å². The number of amides is 2. The molecular formula is C24H30N4O3. The summed E-state index contributed by atoms with van der Waals surface area (Å²) < 4.78 is 5.62. The molecule has 1 heterocycles. The molecule has 0 unspecified atom stereocenters. The molecule has 2 amide bonds. The van der Waals surface area contributed by atoms with Crippen LogP contribution in [0.4, 0.5) is 5.69 Å². The van der Waals surface area contributed by atoms with Crippen LogP contribution < -0.4 is 10.1 Å². The van der Waals surface area contributed by atoms with Gasteiger partial charge in [-0.25, -0.2) is 4.99 Å². The first-order valence-electron chi connectivity index (χ1n) is 10.6. The van der Waals surface area contributed by atoms with E-state index in [-0.39, 0.29) is 11.8 Å². The van der Waals surface area contributed by atoms with Crippen molar-refractivity contribution in [1.29, 1.82) is 0 Å². The minimum absolute atomic E-state index is 0.0576. The molecule has 0 radical (unpaired) electrons. The lowest BCUT2D eigenvalue weighted by molar-refractivity contribution is -0.130. The Morgan fingerprint density at radius 1 is 1.03 bits per heavy atom. The van der Waals surface area contributed by atoms with Crippen LogP contribution in [0, 0.1) is 13.8 Å². The number of aliphatic imine (C=N–C) groups is 1. The summed E-state index contributed by atoms with van der Waals surface area (Å²) in [6, 6.07) is 13.2. The van der Waals surface area contributed by atoms with E-state index < -0.39 is 0 Å². The number of carbonyl (C=O) groups is 2. The number of piperazine rings is 1. The Morgan fingerprint density at radius 3 is 2.35 bits per heavy atom. The minimum Gasteiger partial charge on any atom is -0.493 e. The Morgan fingerprint density at radius 2 is 1.71 bits per heavy atom. The standard InChI is InChI=1S/C24H30N4O3/c1-5-31-22-9-7-6-8-20(22)23(30)26-24(25-21-11-10-17(2)16-18(21)3)28-14-12-27(13-15-28)19(4)29/h6-11,16H,5,12-15H2,1-4H3,(H,25,26,30). The van der Waals surface area contributed by atoms with Crippen molar-refractivity contribution in [2.45, 2.75) is 27.7 Å². The van der Waals surface area contributed by atoms with E-state index in [1.54, 1.807) is 24.0 Å². The molecule has 1 N–H and O–H groups in total. The summed E-state index contributed by atoms with van der Waals surface area (Å²) in [5.41, 5.74) is 3.44. The predicted molar refractivity (Wildman–Crippen MR) is 122 cm³/mol. The third kappa shape index (κ3) is 5.63. The summed E-state index contributed by atoms with van der Waals surface area (Å²) >= 11 is 0. The summed E-state index contributed by atoms with van der Waals surface area (Å²) in [7, 11) is 0. The molecule has 2 aromatic rings. The lowest BCUT2D eigenvalue weighted by Crippen LogP contribution is -2.54. The molecule has 1 fully saturated rings. The molecule has 31 heavy (non-hydrogen) atoms. The van der Waals surface area contributed by atoms with Crippen LogP contribution in [0.25, 0.3) is 0 Å². The van der Waals surface area contributed by atoms with Crippen LogP contribution in [0.1, 0.15) is 35.3 Å². The van der Waals surface area contributed by atoms with Gasteiger partial charge in [-0.3, -0.25) is 14.9 Å². The highest BCUT2D eigenvalue weighted by Crippen LogP contribution is 2.21. The number of hydrogen-bond acceptors (Lipinski definition) is 4. The highest BCUT2D eigenvalue weighted by molar-refractivity contribution is 6.07. The SMILES string of the molecule is CCOc1ccccc1C(=O)NC(=Nc1ccc(C)cc1C)N1CCN(C(C)=O)CC1. The summed E-state index contributed by atoms with van der Waals surface area (Å²) in [5.74, 6) is 0.796. The molecular weight excluding hydrogens is 392 g/mol. The van der Waals surface area contributed by atoms with Gasteiger partial charge in [0, 0.05) is 33.1 Å². The van der Waals surface area contributed by atoms with E-state index in [4.69, 9.17) is 9.73 Å². The lowest BCUT2D eigenvalue weighted by atomic mass is 10.1. The van der Waals surface area contributed by atoms with E-state index in [2.05, 4.69) is 11.4 Å². The van der Waals surface area contributed by atoms with Gasteiger partial charge in [0.25, 0.3) is 5.91 Å². The number of para-hydroxylation sites is 1. The number of carbonyl (C=O) groups excluding carboxylic acids is 2. The number of nitrogens with one attached hydrogen (secondary N) is 1. The molecule has 1 aliphatic heterocycles. The zero-order chi connectivity index (χ0) is 22.4. The maximum atomic E-state index is 13.1. The maximum Gasteiger partial charge on any atom is 0.261 e. The molecule has 7 heteroatoms. The third-order valence-electron chi connectivity index (χ3n) is 5.26. The maximum absolute atomic E-state index is 13.1. The Balaban J connectivity index is 1.90. The van der Waals surface area contributed by atoms with Crippen LogP contribution in [0.2, 0.25) is 0 Å². The van der Waals surface area contributed by atoms with E-state index in [1.165, 1.54) is 0 Å². The third-order valence-corrected chi connectivity index (χ3v) is 5.26. The lowest BCUT2D eigenvalue weighted by Gasteiger charge is -2.36. The minimum atomic E-state index is -0.276. The molecule has 0 saturated carbocycles. The van der Waals surface area contributed by atoms with Crippen molar-refractivity contribution in [2.75, 3.05) is 32.8 Å². The first kappa shape index (κ1) is 22.3. The van der Waals surface area contributed by atoms with Crippen LogP contribution in [0.3, 0.4) is 0 Å². The Kier molecular flexibility index (Phi) is 7.28. The van der Waals surface area contributed by atoms with Gasteiger partial charge in [0.15, 0.2) is 0 Å². The molecule has 1 aliphatic rings. The van der Waals surface area contributed by atoms with Crippen molar-refractivity contribution < 1.29 is 14.3 Å². The topological polar surface area (TPSA) is 74.2 Å². The van der Waals surface area contributed by atoms with Crippen molar-refractivity contribution in [1.82, 2.24) is 15.1 Å². The van der Waals surface area contributed by atoms with Gasteiger partial charge in [0.1, 0.15) is 5.75 Å². The van der Waals surface area contributed by atoms with Gasteiger partial charge in [0.2, 0.25) is 11.9 Å². The van der Waals surface area contributed by atoms with Crippen molar-refractivity contribution in [2.24, 2.45) is 4.99 Å². The average Bonchev–Trinajstić information content (AvgIpc) is 2.75. The first-order chi connectivity index (χ1) is 14.9. The van der Waals surface area contributed by atoms with E-state index >= 15 is 0 Å². The quantitative estimate of drug-likeness (QED) is 0.606. The normalized spacial score (nSPS) is 14.4. The fraction of sp³-hybridized carbons (Fsp3) is 0.375. The zero-order valence-corrected chi connectivity index (χ0v) is 18.6. The van der Waals surface area contributed by atoms with Crippen LogP contribution in [0.15, 0.2) is 47.5 Å². The second kappa shape index (κ2) is 10.1. The summed E-state index contributed by atoms with van der Waals surface area (Å²) in [6.07, 6.45) is 0. The molecule has 7 nitrogen and oxygen atoms in total. The molecule has 2 aromatic carbocycles. The first-order valence-corrected chi connectivity index (χ1v) is 10.6. The fourth-order valence-corrected chi connectivity index (χ4v) is 3.56. The van der Waals surface area contributed by atoms with Gasteiger partial charge in [0.05, 0.1) is 17.9 Å². The number of rotatable bonds is 4. The second-order valence-corrected chi connectivity index (χ2v) is 7.60. The van der Waals surface area contributed by atoms with Crippen molar-refractivity contribution in [3.63, 3.8) is 0 Å². The number of aryl methyl sites for hydroxylation is 2. The van der Waals surface area contributed by atoms with Gasteiger partial charge < -0.3 is 14.5 Å². The summed E-state index contributed by atoms with van der Waals surface area (Å²) in [4.78, 5) is 33.4. The van der Waals surface area contributed by atoms with Gasteiger partial charge >= 0.3 is 0 Å². The van der Waals surface area contributed by atoms with Gasteiger partial charge in [-0.1, -0.05) is 29.8 Å². The van der Waals surface area contributed by atoms with E-state index in [0.29, 0.717) is 50.1 Å². The Hall–Kier alpha value is -3.35. The van der Waals surface area contributed by atoms with E-state index in [0.717, 1.165) is 16.8 Å². The van der Waals surface area contributed by atoms with Crippen molar-refractivity contribution in [3.8, 4) is 5.75 Å². The number of benzene rings is 2. The van der Waals surface area contributed by atoms with Crippen molar-refractivity contribution >= 4 is 23.5 Å². The highest BCUT2D eigenvalue weighted by Gasteiger charge is 2.24. The largest absolute Gasteiger partial charge is 0.493 e. The van der Waals surface area contributed by atoms with E-state index in [1.807, 2.05) is 49.9 Å². The van der Waals surface area contributed by atoms with Gasteiger partial charge in [-0.15, -0.1) is 0 Å². The van der Waals surface area contributed by atoms with Crippen molar-refractivity contribution in [3.05, 3.63) is 59.2 Å². The van der Waals surface area contributed by atoms with Crippen LogP contribution in [0.5, 0.6) is 5.75 Å². The monoisotopic (exact) mass is 422 g/mol.